The Labute approximate surface area is 132 Å². The van der Waals surface area contributed by atoms with Gasteiger partial charge in [-0.1, -0.05) is 21.1 Å². The van der Waals surface area contributed by atoms with Crippen LogP contribution in [0.3, 0.4) is 0 Å². The van der Waals surface area contributed by atoms with Crippen LogP contribution in [-0.4, -0.2) is 48.7 Å². The van der Waals surface area contributed by atoms with Gasteiger partial charge in [0, 0.05) is 36.7 Å². The highest BCUT2D eigenvalue weighted by Gasteiger charge is 2.16. The van der Waals surface area contributed by atoms with Crippen molar-refractivity contribution < 1.29 is 14.7 Å². The van der Waals surface area contributed by atoms with E-state index >= 15 is 0 Å². The average Bonchev–Trinajstić information content (AvgIpc) is 2.45. The van der Waals surface area contributed by atoms with E-state index in [1.54, 1.807) is 18.1 Å². The molecule has 6 nitrogen and oxygen atoms in total. The number of nitrogens with two attached hydrogens (primary N) is 1. The Hall–Kier alpha value is -1.60. The highest BCUT2D eigenvalue weighted by molar-refractivity contribution is 9.10. The molecule has 0 fully saturated rings. The molecular weight excluding hydrogens is 338 g/mol. The van der Waals surface area contributed by atoms with Crippen LogP contribution in [0, 0.1) is 6.92 Å². The van der Waals surface area contributed by atoms with E-state index in [-0.39, 0.29) is 11.7 Å². The monoisotopic (exact) mass is 357 g/mol. The van der Waals surface area contributed by atoms with Crippen LogP contribution in [0.25, 0.3) is 0 Å². The number of ether oxygens (including phenoxy) is 1. The molecule has 0 bridgehead atoms. The van der Waals surface area contributed by atoms with Gasteiger partial charge in [-0.3, -0.25) is 4.79 Å². The smallest absolute Gasteiger partial charge is 0.253 e. The van der Waals surface area contributed by atoms with E-state index in [1.165, 1.54) is 0 Å². The van der Waals surface area contributed by atoms with Crippen LogP contribution in [0.15, 0.2) is 27.8 Å². The van der Waals surface area contributed by atoms with Crippen LogP contribution < -0.4 is 5.73 Å². The summed E-state index contributed by atoms with van der Waals surface area (Å²) < 4.78 is 5.88. The van der Waals surface area contributed by atoms with Gasteiger partial charge in [-0.15, -0.1) is 0 Å². The van der Waals surface area contributed by atoms with Crippen molar-refractivity contribution in [1.82, 2.24) is 4.90 Å². The van der Waals surface area contributed by atoms with E-state index < -0.39 is 0 Å². The number of rotatable bonds is 7. The van der Waals surface area contributed by atoms with E-state index in [2.05, 4.69) is 21.1 Å². The van der Waals surface area contributed by atoms with Gasteiger partial charge in [0.25, 0.3) is 5.91 Å². The maximum atomic E-state index is 12.6. The molecule has 3 N–H and O–H groups in total. The standard InChI is InChI=1S/C14H20BrN3O3/c1-10-7-11(9-12(15)8-10)14(19)18(5-6-21-2)4-3-13(16)17-20/h7-9,20H,3-6H2,1-2H3,(H2,16,17). The third-order valence-electron chi connectivity index (χ3n) is 2.91. The first-order chi connectivity index (χ1) is 9.97. The van der Waals surface area contributed by atoms with Gasteiger partial charge in [0.05, 0.1) is 6.61 Å². The number of amidine groups is 1. The van der Waals surface area contributed by atoms with E-state index in [9.17, 15) is 4.79 Å². The minimum Gasteiger partial charge on any atom is -0.409 e. The van der Waals surface area contributed by atoms with E-state index in [4.69, 9.17) is 15.7 Å². The van der Waals surface area contributed by atoms with Gasteiger partial charge in [0.1, 0.15) is 5.84 Å². The lowest BCUT2D eigenvalue weighted by Gasteiger charge is -2.22. The van der Waals surface area contributed by atoms with Gasteiger partial charge >= 0.3 is 0 Å². The normalized spacial score (nSPS) is 11.5. The molecule has 0 spiro atoms. The number of hydrogen-bond acceptors (Lipinski definition) is 4. The molecule has 0 aliphatic carbocycles. The molecule has 1 amide bonds. The fourth-order valence-corrected chi connectivity index (χ4v) is 2.47. The van der Waals surface area contributed by atoms with Crippen molar-refractivity contribution in [1.29, 1.82) is 0 Å². The molecule has 1 aromatic rings. The second-order valence-corrected chi connectivity index (χ2v) is 5.56. The number of halogens is 1. The molecular formula is C14H20BrN3O3. The molecule has 0 saturated heterocycles. The number of oxime groups is 1. The van der Waals surface area contributed by atoms with Crippen LogP contribution in [-0.2, 0) is 4.74 Å². The number of benzene rings is 1. The second kappa shape index (κ2) is 8.63. The molecule has 0 unspecified atom stereocenters. The van der Waals surface area contributed by atoms with E-state index in [0.717, 1.165) is 10.0 Å². The molecule has 0 aliphatic heterocycles. The lowest BCUT2D eigenvalue weighted by atomic mass is 10.1. The van der Waals surface area contributed by atoms with Gasteiger partial charge in [-0.25, -0.2) is 0 Å². The molecule has 21 heavy (non-hydrogen) atoms. The van der Waals surface area contributed by atoms with Crippen molar-refractivity contribution in [3.8, 4) is 0 Å². The molecule has 0 heterocycles. The Bertz CT molecular complexity index is 500. The lowest BCUT2D eigenvalue weighted by molar-refractivity contribution is 0.0700. The number of nitrogens with zero attached hydrogens (tertiary/aromatic N) is 2. The quantitative estimate of drug-likeness (QED) is 0.338. The minimum atomic E-state index is -0.109. The molecule has 1 rings (SSSR count). The minimum absolute atomic E-state index is 0.0932. The summed E-state index contributed by atoms with van der Waals surface area (Å²) in [7, 11) is 1.58. The van der Waals surface area contributed by atoms with Gasteiger partial charge in [0.2, 0.25) is 0 Å². The van der Waals surface area contributed by atoms with Crippen molar-refractivity contribution in [3.05, 3.63) is 33.8 Å². The van der Waals surface area contributed by atoms with Crippen molar-refractivity contribution in [2.24, 2.45) is 10.9 Å². The van der Waals surface area contributed by atoms with Gasteiger partial charge in [-0.2, -0.15) is 0 Å². The third-order valence-corrected chi connectivity index (χ3v) is 3.37. The average molecular weight is 358 g/mol. The first kappa shape index (κ1) is 17.5. The van der Waals surface area contributed by atoms with Crippen LogP contribution >= 0.6 is 15.9 Å². The maximum absolute atomic E-state index is 12.6. The fraction of sp³-hybridized carbons (Fsp3) is 0.429. The first-order valence-electron chi connectivity index (χ1n) is 6.49. The second-order valence-electron chi connectivity index (χ2n) is 4.64. The zero-order chi connectivity index (χ0) is 15.8. The summed E-state index contributed by atoms with van der Waals surface area (Å²) in [4.78, 5) is 14.2. The van der Waals surface area contributed by atoms with Crippen molar-refractivity contribution in [2.45, 2.75) is 13.3 Å². The third kappa shape index (κ3) is 5.73. The summed E-state index contributed by atoms with van der Waals surface area (Å²) in [6, 6.07) is 5.54. The number of hydrogen-bond donors (Lipinski definition) is 2. The molecule has 0 aliphatic rings. The molecule has 1 aromatic carbocycles. The lowest BCUT2D eigenvalue weighted by Crippen LogP contribution is -2.36. The van der Waals surface area contributed by atoms with Gasteiger partial charge in [-0.05, 0) is 30.7 Å². The molecule has 7 heteroatoms. The van der Waals surface area contributed by atoms with Crippen LogP contribution in [0.5, 0.6) is 0 Å². The highest BCUT2D eigenvalue weighted by atomic mass is 79.9. The van der Waals surface area contributed by atoms with Gasteiger partial charge < -0.3 is 20.6 Å². The molecule has 116 valence electrons. The topological polar surface area (TPSA) is 88.2 Å². The van der Waals surface area contributed by atoms with Gasteiger partial charge in [0.15, 0.2) is 0 Å². The number of amides is 1. The maximum Gasteiger partial charge on any atom is 0.253 e. The van der Waals surface area contributed by atoms with E-state index in [1.807, 2.05) is 19.1 Å². The largest absolute Gasteiger partial charge is 0.409 e. The molecule has 0 saturated carbocycles. The van der Waals surface area contributed by atoms with Crippen LogP contribution in [0.1, 0.15) is 22.3 Å². The van der Waals surface area contributed by atoms with Crippen LogP contribution in [0.4, 0.5) is 0 Å². The summed E-state index contributed by atoms with van der Waals surface area (Å²) in [6.45, 7) is 3.16. The van der Waals surface area contributed by atoms with Crippen molar-refractivity contribution >= 4 is 27.7 Å². The molecule has 0 aromatic heterocycles. The Morgan fingerprint density at radius 2 is 2.14 bits per heavy atom. The number of carbonyl (C=O) groups is 1. The van der Waals surface area contributed by atoms with Crippen molar-refractivity contribution in [2.75, 3.05) is 26.8 Å². The Balaban J connectivity index is 2.87. The molecule has 0 radical (unpaired) electrons. The van der Waals surface area contributed by atoms with Crippen LogP contribution in [0.2, 0.25) is 0 Å². The summed E-state index contributed by atoms with van der Waals surface area (Å²) >= 11 is 3.39. The summed E-state index contributed by atoms with van der Waals surface area (Å²) in [5, 5.41) is 11.5. The number of aryl methyl sites for hydroxylation is 1. The Kier molecular flexibility index (Phi) is 7.18. The number of methoxy groups -OCH3 is 1. The highest BCUT2D eigenvalue weighted by Crippen LogP contribution is 2.17. The predicted octanol–water partition coefficient (Wildman–Crippen LogP) is 1.98. The Morgan fingerprint density at radius 1 is 1.43 bits per heavy atom. The number of carbonyl (C=O) groups excluding carboxylic acids is 1. The molecule has 0 atom stereocenters. The fourth-order valence-electron chi connectivity index (χ4n) is 1.86. The van der Waals surface area contributed by atoms with E-state index in [0.29, 0.717) is 31.7 Å². The Morgan fingerprint density at radius 3 is 2.71 bits per heavy atom. The zero-order valence-electron chi connectivity index (χ0n) is 12.2. The predicted molar refractivity (Wildman–Crippen MR) is 84.7 cm³/mol. The summed E-state index contributed by atoms with van der Waals surface area (Å²) in [6.07, 6.45) is 0.305. The summed E-state index contributed by atoms with van der Waals surface area (Å²) in [5.41, 5.74) is 7.05. The zero-order valence-corrected chi connectivity index (χ0v) is 13.8. The SMILES string of the molecule is COCCN(CC/C(N)=N/O)C(=O)c1cc(C)cc(Br)c1. The first-order valence-corrected chi connectivity index (χ1v) is 7.29. The van der Waals surface area contributed by atoms with Crippen molar-refractivity contribution in [3.63, 3.8) is 0 Å². The summed E-state index contributed by atoms with van der Waals surface area (Å²) in [5.74, 6) is -0.0159.